The van der Waals surface area contributed by atoms with Crippen molar-refractivity contribution in [1.29, 1.82) is 0 Å². The lowest BCUT2D eigenvalue weighted by molar-refractivity contribution is 0.0697. The summed E-state index contributed by atoms with van der Waals surface area (Å²) in [5.41, 5.74) is 0.448. The zero-order valence-electron chi connectivity index (χ0n) is 11.7. The van der Waals surface area contributed by atoms with Crippen molar-refractivity contribution in [2.45, 2.75) is 23.8 Å². The van der Waals surface area contributed by atoms with Crippen LogP contribution in [0.4, 0.5) is 5.69 Å². The fourth-order valence-electron chi connectivity index (χ4n) is 2.56. The summed E-state index contributed by atoms with van der Waals surface area (Å²) in [6.45, 7) is 1.76. The Labute approximate surface area is 123 Å². The summed E-state index contributed by atoms with van der Waals surface area (Å²) in [4.78, 5) is 13.1. The molecule has 0 radical (unpaired) electrons. The Morgan fingerprint density at radius 2 is 2.00 bits per heavy atom. The average molecular weight is 313 g/mol. The molecule has 1 aliphatic heterocycles. The molecule has 0 spiro atoms. The van der Waals surface area contributed by atoms with Crippen LogP contribution < -0.4 is 15.4 Å². The van der Waals surface area contributed by atoms with E-state index in [2.05, 4.69) is 5.32 Å². The number of aromatic carboxylic acids is 1. The molecule has 0 aliphatic carbocycles. The number of anilines is 1. The summed E-state index contributed by atoms with van der Waals surface area (Å²) < 4.78 is 22.7. The third kappa shape index (κ3) is 3.52. The van der Waals surface area contributed by atoms with Crippen molar-refractivity contribution >= 4 is 21.7 Å². The van der Waals surface area contributed by atoms with E-state index in [9.17, 15) is 18.3 Å². The van der Waals surface area contributed by atoms with Crippen LogP contribution in [0.5, 0.6) is 0 Å². The zero-order valence-corrected chi connectivity index (χ0v) is 12.6. The van der Waals surface area contributed by atoms with E-state index in [0.717, 1.165) is 32.0 Å². The monoisotopic (exact) mass is 313 g/mol. The van der Waals surface area contributed by atoms with Crippen LogP contribution in [0.15, 0.2) is 23.1 Å². The van der Waals surface area contributed by atoms with Gasteiger partial charge in [0.1, 0.15) is 0 Å². The summed E-state index contributed by atoms with van der Waals surface area (Å²) >= 11 is 0. The van der Waals surface area contributed by atoms with Crippen molar-refractivity contribution in [3.05, 3.63) is 23.8 Å². The molecule has 1 fully saturated rings. The molecule has 0 amide bonds. The van der Waals surface area contributed by atoms with Crippen molar-refractivity contribution in [3.8, 4) is 0 Å². The number of hydrogen-bond acceptors (Lipinski definition) is 5. The maximum absolute atomic E-state index is 11.4. The van der Waals surface area contributed by atoms with Gasteiger partial charge in [-0.15, -0.1) is 0 Å². The maximum Gasteiger partial charge on any atom is 0.337 e. The third-order valence-corrected chi connectivity index (χ3v) is 4.67. The van der Waals surface area contributed by atoms with Gasteiger partial charge in [-0.1, -0.05) is 0 Å². The third-order valence-electron chi connectivity index (χ3n) is 3.76. The van der Waals surface area contributed by atoms with Gasteiger partial charge in [-0.3, -0.25) is 0 Å². The maximum atomic E-state index is 11.4. The summed E-state index contributed by atoms with van der Waals surface area (Å²) in [6, 6.07) is 4.19. The Bertz CT molecular complexity index is 639. The summed E-state index contributed by atoms with van der Waals surface area (Å²) in [7, 11) is -2.09. The van der Waals surface area contributed by atoms with Crippen LogP contribution in [0, 0.1) is 0 Å². The van der Waals surface area contributed by atoms with E-state index < -0.39 is 16.0 Å². The fourth-order valence-corrected chi connectivity index (χ4v) is 3.10. The number of sulfonamides is 1. The molecule has 0 bridgehead atoms. The van der Waals surface area contributed by atoms with Crippen LogP contribution >= 0.6 is 0 Å². The molecule has 0 atom stereocenters. The molecular formula is C13H19N3O4S. The molecule has 2 rings (SSSR count). The molecule has 0 unspecified atom stereocenters. The van der Waals surface area contributed by atoms with E-state index in [1.165, 1.54) is 12.1 Å². The molecule has 1 aromatic rings. The Morgan fingerprint density at radius 1 is 1.38 bits per heavy atom. The largest absolute Gasteiger partial charge is 0.478 e. The van der Waals surface area contributed by atoms with Crippen LogP contribution in [-0.4, -0.2) is 45.7 Å². The average Bonchev–Trinajstić information content (AvgIpc) is 2.45. The number of nitrogens with two attached hydrogens (primary N) is 1. The fraction of sp³-hybridized carbons (Fsp3) is 0.462. The van der Waals surface area contributed by atoms with Crippen LogP contribution in [0.25, 0.3) is 0 Å². The molecule has 21 heavy (non-hydrogen) atoms. The van der Waals surface area contributed by atoms with Crippen molar-refractivity contribution in [1.82, 2.24) is 5.32 Å². The number of nitrogens with zero attached hydrogens (tertiary/aromatic N) is 1. The van der Waals surface area contributed by atoms with Gasteiger partial charge in [0.2, 0.25) is 10.0 Å². The second-order valence-electron chi connectivity index (χ2n) is 5.12. The second-order valence-corrected chi connectivity index (χ2v) is 6.68. The minimum absolute atomic E-state index is 0.0532. The number of carboxylic acid groups (broad SMARTS) is 1. The van der Waals surface area contributed by atoms with Crippen molar-refractivity contribution in [2.24, 2.45) is 5.14 Å². The van der Waals surface area contributed by atoms with E-state index in [0.29, 0.717) is 5.69 Å². The van der Waals surface area contributed by atoms with Gasteiger partial charge in [0.15, 0.2) is 0 Å². The van der Waals surface area contributed by atoms with Crippen LogP contribution in [0.3, 0.4) is 0 Å². The van der Waals surface area contributed by atoms with E-state index in [4.69, 9.17) is 5.14 Å². The first-order valence-electron chi connectivity index (χ1n) is 6.64. The van der Waals surface area contributed by atoms with Gasteiger partial charge in [-0.05, 0) is 44.1 Å². The van der Waals surface area contributed by atoms with Crippen LogP contribution in [0.2, 0.25) is 0 Å². The number of rotatable bonds is 4. The number of primary sulfonamides is 1. The lowest BCUT2D eigenvalue weighted by Crippen LogP contribution is -2.41. The molecule has 1 aromatic carbocycles. The van der Waals surface area contributed by atoms with E-state index in [-0.39, 0.29) is 16.5 Å². The predicted octanol–water partition coefficient (Wildman–Crippen LogP) is 0.220. The Morgan fingerprint density at radius 3 is 2.52 bits per heavy atom. The topological polar surface area (TPSA) is 113 Å². The van der Waals surface area contributed by atoms with Gasteiger partial charge in [-0.2, -0.15) is 0 Å². The lowest BCUT2D eigenvalue weighted by Gasteiger charge is -2.34. The summed E-state index contributed by atoms with van der Waals surface area (Å²) in [5.74, 6) is -1.17. The number of benzene rings is 1. The van der Waals surface area contributed by atoms with Gasteiger partial charge in [0, 0.05) is 13.1 Å². The number of carbonyl (C=O) groups is 1. The quantitative estimate of drug-likeness (QED) is 0.733. The Hall–Kier alpha value is -1.64. The van der Waals surface area contributed by atoms with Crippen molar-refractivity contribution < 1.29 is 18.3 Å². The number of piperidine rings is 1. The van der Waals surface area contributed by atoms with Gasteiger partial charge < -0.3 is 15.3 Å². The molecular weight excluding hydrogens is 294 g/mol. The SMILES string of the molecule is CN(c1ccc(S(N)(=O)=O)cc1C(=O)O)C1CCNCC1. The van der Waals surface area contributed by atoms with Gasteiger partial charge >= 0.3 is 5.97 Å². The Balaban J connectivity index is 2.40. The summed E-state index contributed by atoms with van der Waals surface area (Å²) in [5, 5.41) is 17.6. The first kappa shape index (κ1) is 15.7. The highest BCUT2D eigenvalue weighted by Crippen LogP contribution is 2.26. The van der Waals surface area contributed by atoms with E-state index in [1.54, 1.807) is 0 Å². The molecule has 8 heteroatoms. The first-order chi connectivity index (χ1) is 9.80. The smallest absolute Gasteiger partial charge is 0.337 e. The summed E-state index contributed by atoms with van der Waals surface area (Å²) in [6.07, 6.45) is 1.82. The lowest BCUT2D eigenvalue weighted by atomic mass is 10.0. The first-order valence-corrected chi connectivity index (χ1v) is 8.19. The molecule has 0 saturated carbocycles. The van der Waals surface area contributed by atoms with Gasteiger partial charge in [0.05, 0.1) is 16.1 Å². The highest BCUT2D eigenvalue weighted by molar-refractivity contribution is 7.89. The zero-order chi connectivity index (χ0) is 15.6. The highest BCUT2D eigenvalue weighted by Gasteiger charge is 2.23. The molecule has 4 N–H and O–H groups in total. The molecule has 0 aromatic heterocycles. The standard InChI is InChI=1S/C13H19N3O4S/c1-16(9-4-6-15-7-5-9)12-3-2-10(21(14,19)20)8-11(12)13(17)18/h2-3,8-9,15H,4-7H2,1H3,(H,17,18)(H2,14,19,20). The molecule has 1 saturated heterocycles. The molecule has 116 valence electrons. The van der Waals surface area contributed by atoms with Crippen LogP contribution in [-0.2, 0) is 10.0 Å². The molecule has 1 aliphatic rings. The minimum Gasteiger partial charge on any atom is -0.478 e. The van der Waals surface area contributed by atoms with Crippen molar-refractivity contribution in [3.63, 3.8) is 0 Å². The van der Waals surface area contributed by atoms with Crippen LogP contribution in [0.1, 0.15) is 23.2 Å². The normalized spacial score (nSPS) is 16.7. The number of carboxylic acids is 1. The highest BCUT2D eigenvalue weighted by atomic mass is 32.2. The number of hydrogen-bond donors (Lipinski definition) is 3. The Kier molecular flexibility index (Phi) is 4.50. The molecule has 7 nitrogen and oxygen atoms in total. The van der Waals surface area contributed by atoms with Gasteiger partial charge in [0.25, 0.3) is 0 Å². The van der Waals surface area contributed by atoms with E-state index in [1.807, 2.05) is 11.9 Å². The van der Waals surface area contributed by atoms with Crippen molar-refractivity contribution in [2.75, 3.05) is 25.0 Å². The van der Waals surface area contributed by atoms with Gasteiger partial charge in [-0.25, -0.2) is 18.4 Å². The number of nitrogens with one attached hydrogen (secondary N) is 1. The second kappa shape index (κ2) is 6.00. The van der Waals surface area contributed by atoms with E-state index >= 15 is 0 Å². The molecule has 1 heterocycles. The predicted molar refractivity (Wildman–Crippen MR) is 79.1 cm³/mol. The minimum atomic E-state index is -3.92.